The molecule has 5 nitrogen and oxygen atoms in total. The van der Waals surface area contributed by atoms with Gasteiger partial charge >= 0.3 is 0 Å². The molecule has 0 aliphatic heterocycles. The number of nitrogens with zero attached hydrogens (tertiary/aromatic N) is 2. The Morgan fingerprint density at radius 1 is 1.25 bits per heavy atom. The van der Waals surface area contributed by atoms with Crippen LogP contribution in [0.15, 0.2) is 51.7 Å². The highest BCUT2D eigenvalue weighted by Gasteiger charge is 2.13. The van der Waals surface area contributed by atoms with Crippen LogP contribution in [0.4, 0.5) is 0 Å². The Balaban J connectivity index is 1.91. The zero-order valence-electron chi connectivity index (χ0n) is 12.7. The molecule has 0 unspecified atom stereocenters. The molecule has 1 aromatic heterocycles. The molecule has 1 N–H and O–H groups in total. The second-order valence-electron chi connectivity index (χ2n) is 5.23. The maximum atomic E-state index is 12.4. The number of fused-ring (bicyclic) bond motifs is 1. The second kappa shape index (κ2) is 6.75. The van der Waals surface area contributed by atoms with Gasteiger partial charge in [0.15, 0.2) is 0 Å². The lowest BCUT2D eigenvalue weighted by Gasteiger charge is -2.10. The number of carbonyl (C=O) groups excluding carboxylic acids is 1. The van der Waals surface area contributed by atoms with Gasteiger partial charge in [0.1, 0.15) is 0 Å². The van der Waals surface area contributed by atoms with Gasteiger partial charge in [-0.15, -0.1) is 0 Å². The van der Waals surface area contributed by atoms with E-state index in [1.54, 1.807) is 37.4 Å². The Morgan fingerprint density at radius 3 is 2.71 bits per heavy atom. The Bertz CT molecular complexity index is 1000. The topological polar surface area (TPSA) is 64.0 Å². The van der Waals surface area contributed by atoms with Crippen molar-refractivity contribution >= 4 is 44.2 Å². The predicted molar refractivity (Wildman–Crippen MR) is 97.3 cm³/mol. The van der Waals surface area contributed by atoms with Crippen LogP contribution in [0.3, 0.4) is 0 Å². The van der Waals surface area contributed by atoms with Crippen molar-refractivity contribution in [1.29, 1.82) is 0 Å². The highest BCUT2D eigenvalue weighted by molar-refractivity contribution is 9.10. The van der Waals surface area contributed by atoms with Crippen LogP contribution < -0.4 is 10.9 Å². The monoisotopic (exact) mass is 405 g/mol. The molecule has 0 radical (unpaired) electrons. The summed E-state index contributed by atoms with van der Waals surface area (Å²) in [5.41, 5.74) is 0.822. The standard InChI is InChI=1S/C17H13BrClN3O2/c1-22-17(24)12-5-3-2-4-11(12)15(21-22)9-20-16(23)13-8-10(18)6-7-14(13)19/h2-8H,9H2,1H3,(H,20,23). The molecule has 0 aliphatic carbocycles. The van der Waals surface area contributed by atoms with Crippen molar-refractivity contribution in [1.82, 2.24) is 15.1 Å². The molecule has 0 bridgehead atoms. The van der Waals surface area contributed by atoms with Gasteiger partial charge in [0.05, 0.1) is 28.2 Å². The fraction of sp³-hybridized carbons (Fsp3) is 0.118. The van der Waals surface area contributed by atoms with Gasteiger partial charge in [0.25, 0.3) is 11.5 Å². The maximum absolute atomic E-state index is 12.4. The van der Waals surface area contributed by atoms with Crippen molar-refractivity contribution in [2.45, 2.75) is 6.54 Å². The first-order valence-electron chi connectivity index (χ1n) is 7.15. The quantitative estimate of drug-likeness (QED) is 0.726. The van der Waals surface area contributed by atoms with Gasteiger partial charge < -0.3 is 5.32 Å². The van der Waals surface area contributed by atoms with E-state index in [-0.39, 0.29) is 18.0 Å². The minimum Gasteiger partial charge on any atom is -0.346 e. The summed E-state index contributed by atoms with van der Waals surface area (Å²) in [6.07, 6.45) is 0. The van der Waals surface area contributed by atoms with Gasteiger partial charge in [-0.2, -0.15) is 5.10 Å². The summed E-state index contributed by atoms with van der Waals surface area (Å²) < 4.78 is 2.04. The van der Waals surface area contributed by atoms with E-state index in [2.05, 4.69) is 26.3 Å². The third kappa shape index (κ3) is 3.20. The molecule has 1 amide bonds. The maximum Gasteiger partial charge on any atom is 0.274 e. The summed E-state index contributed by atoms with van der Waals surface area (Å²) in [6.45, 7) is 0.191. The summed E-state index contributed by atoms with van der Waals surface area (Å²) in [5, 5.41) is 8.72. The van der Waals surface area contributed by atoms with Crippen molar-refractivity contribution in [3.05, 3.63) is 73.6 Å². The summed E-state index contributed by atoms with van der Waals surface area (Å²) in [5.74, 6) is -0.305. The van der Waals surface area contributed by atoms with Crippen molar-refractivity contribution < 1.29 is 4.79 Å². The smallest absolute Gasteiger partial charge is 0.274 e. The van der Waals surface area contributed by atoms with Crippen molar-refractivity contribution in [2.24, 2.45) is 7.05 Å². The van der Waals surface area contributed by atoms with Crippen molar-refractivity contribution in [2.75, 3.05) is 0 Å². The van der Waals surface area contributed by atoms with Gasteiger partial charge in [0.2, 0.25) is 0 Å². The van der Waals surface area contributed by atoms with Gasteiger partial charge in [-0.1, -0.05) is 45.7 Å². The number of amides is 1. The van der Waals surface area contributed by atoms with Crippen LogP contribution in [-0.2, 0) is 13.6 Å². The van der Waals surface area contributed by atoms with Gasteiger partial charge in [0, 0.05) is 16.9 Å². The summed E-state index contributed by atoms with van der Waals surface area (Å²) in [7, 11) is 1.59. The second-order valence-corrected chi connectivity index (χ2v) is 6.55. The summed E-state index contributed by atoms with van der Waals surface area (Å²) in [6, 6.07) is 12.3. The van der Waals surface area contributed by atoms with E-state index in [9.17, 15) is 9.59 Å². The third-order valence-electron chi connectivity index (χ3n) is 3.62. The minimum atomic E-state index is -0.305. The lowest BCUT2D eigenvalue weighted by Crippen LogP contribution is -2.27. The number of carbonyl (C=O) groups is 1. The molecular weight excluding hydrogens is 394 g/mol. The largest absolute Gasteiger partial charge is 0.346 e. The highest BCUT2D eigenvalue weighted by atomic mass is 79.9. The summed E-state index contributed by atoms with van der Waals surface area (Å²) >= 11 is 9.39. The third-order valence-corrected chi connectivity index (χ3v) is 4.45. The van der Waals surface area contributed by atoms with Crippen LogP contribution in [0.1, 0.15) is 16.1 Å². The molecule has 0 saturated carbocycles. The average Bonchev–Trinajstić information content (AvgIpc) is 2.58. The number of hydrogen-bond acceptors (Lipinski definition) is 3. The lowest BCUT2D eigenvalue weighted by atomic mass is 10.1. The number of halogens is 2. The first-order valence-corrected chi connectivity index (χ1v) is 8.32. The van der Waals surface area contributed by atoms with Crippen LogP contribution in [0.25, 0.3) is 10.8 Å². The lowest BCUT2D eigenvalue weighted by molar-refractivity contribution is 0.0950. The molecule has 1 heterocycles. The zero-order chi connectivity index (χ0) is 17.3. The molecule has 0 spiro atoms. The molecule has 7 heteroatoms. The molecule has 3 rings (SSSR count). The van der Waals surface area contributed by atoms with Crippen LogP contribution in [0.5, 0.6) is 0 Å². The zero-order valence-corrected chi connectivity index (χ0v) is 15.1. The fourth-order valence-corrected chi connectivity index (χ4v) is 3.00. The highest BCUT2D eigenvalue weighted by Crippen LogP contribution is 2.21. The van der Waals surface area contributed by atoms with Crippen LogP contribution in [0, 0.1) is 0 Å². The van der Waals surface area contributed by atoms with E-state index < -0.39 is 0 Å². The number of benzene rings is 2. The average molecular weight is 407 g/mol. The van der Waals surface area contributed by atoms with E-state index in [0.717, 1.165) is 9.86 Å². The van der Waals surface area contributed by atoms with E-state index in [1.807, 2.05) is 12.1 Å². The van der Waals surface area contributed by atoms with E-state index in [1.165, 1.54) is 4.68 Å². The molecule has 122 valence electrons. The normalized spacial score (nSPS) is 10.8. The molecule has 0 saturated heterocycles. The number of nitrogens with one attached hydrogen (secondary N) is 1. The van der Waals surface area contributed by atoms with E-state index >= 15 is 0 Å². The number of aryl methyl sites for hydroxylation is 1. The van der Waals surface area contributed by atoms with E-state index in [4.69, 9.17) is 11.6 Å². The first-order chi connectivity index (χ1) is 11.5. The number of rotatable bonds is 3. The van der Waals surface area contributed by atoms with Gasteiger partial charge in [-0.05, 0) is 24.3 Å². The van der Waals surface area contributed by atoms with E-state index in [0.29, 0.717) is 21.7 Å². The van der Waals surface area contributed by atoms with Crippen molar-refractivity contribution in [3.63, 3.8) is 0 Å². The SMILES string of the molecule is Cn1nc(CNC(=O)c2cc(Br)ccc2Cl)c2ccccc2c1=O. The Hall–Kier alpha value is -2.18. The molecular formula is C17H13BrClN3O2. The Morgan fingerprint density at radius 2 is 1.96 bits per heavy atom. The predicted octanol–water partition coefficient (Wildman–Crippen LogP) is 3.28. The summed E-state index contributed by atoms with van der Waals surface area (Å²) in [4.78, 5) is 24.5. The van der Waals surface area contributed by atoms with Gasteiger partial charge in [-0.25, -0.2) is 4.68 Å². The molecule has 24 heavy (non-hydrogen) atoms. The molecule has 2 aromatic carbocycles. The minimum absolute atomic E-state index is 0.171. The van der Waals surface area contributed by atoms with Crippen molar-refractivity contribution in [3.8, 4) is 0 Å². The Labute approximate surface area is 151 Å². The van der Waals surface area contributed by atoms with Crippen LogP contribution in [0.2, 0.25) is 5.02 Å². The molecule has 0 fully saturated rings. The molecule has 0 atom stereocenters. The molecule has 3 aromatic rings. The fourth-order valence-electron chi connectivity index (χ4n) is 2.44. The first kappa shape index (κ1) is 16.7. The number of hydrogen-bond donors (Lipinski definition) is 1. The van der Waals surface area contributed by atoms with Crippen LogP contribution >= 0.6 is 27.5 Å². The molecule has 0 aliphatic rings. The Kier molecular flexibility index (Phi) is 4.69. The van der Waals surface area contributed by atoms with Crippen LogP contribution in [-0.4, -0.2) is 15.7 Å². The number of aromatic nitrogens is 2. The van der Waals surface area contributed by atoms with Gasteiger partial charge in [-0.3, -0.25) is 9.59 Å².